The molecule has 0 amide bonds. The van der Waals surface area contributed by atoms with Crippen LogP contribution in [0.1, 0.15) is 133 Å². The standard InChI is InChI=1S/C40H54NO5/c1-5-7-9-11-13-15-31-45-36-24-18-33(19-25-36)39(3)28-29-40(4,41(39)43)34-20-26-37(27-21-34)46-38(42)32-16-22-35(23-17-32)44-30-14-12-10-8-6-2/h16-27H,5-15,28-31H2,1-4H3/t39-,40-/m0/s1. The van der Waals surface area contributed by atoms with Crippen molar-refractivity contribution in [2.75, 3.05) is 13.2 Å². The van der Waals surface area contributed by atoms with Crippen LogP contribution in [0.15, 0.2) is 72.8 Å². The van der Waals surface area contributed by atoms with Gasteiger partial charge in [0, 0.05) is 0 Å². The van der Waals surface area contributed by atoms with Crippen molar-refractivity contribution in [3.8, 4) is 17.2 Å². The number of hydrogen-bond donors (Lipinski definition) is 0. The van der Waals surface area contributed by atoms with E-state index in [-0.39, 0.29) is 0 Å². The van der Waals surface area contributed by atoms with Crippen LogP contribution in [0.3, 0.4) is 0 Å². The quantitative estimate of drug-likeness (QED) is 0.0750. The maximum atomic E-state index is 13.9. The van der Waals surface area contributed by atoms with E-state index in [1.54, 1.807) is 24.3 Å². The maximum Gasteiger partial charge on any atom is 0.343 e. The Morgan fingerprint density at radius 3 is 1.43 bits per heavy atom. The van der Waals surface area contributed by atoms with Crippen molar-refractivity contribution in [2.45, 2.75) is 122 Å². The first-order valence-corrected chi connectivity index (χ1v) is 17.6. The van der Waals surface area contributed by atoms with Gasteiger partial charge in [-0.1, -0.05) is 95.9 Å². The minimum Gasteiger partial charge on any atom is -0.494 e. The van der Waals surface area contributed by atoms with Crippen molar-refractivity contribution in [3.63, 3.8) is 0 Å². The van der Waals surface area contributed by atoms with Gasteiger partial charge in [0.1, 0.15) is 17.2 Å². The van der Waals surface area contributed by atoms with Crippen molar-refractivity contribution < 1.29 is 24.2 Å². The van der Waals surface area contributed by atoms with Gasteiger partial charge in [0.05, 0.1) is 29.9 Å². The highest BCUT2D eigenvalue weighted by atomic mass is 16.5. The molecule has 0 bridgehead atoms. The number of esters is 1. The minimum absolute atomic E-state index is 0.427. The average Bonchev–Trinajstić information content (AvgIpc) is 3.32. The van der Waals surface area contributed by atoms with Gasteiger partial charge in [0.25, 0.3) is 0 Å². The van der Waals surface area contributed by atoms with Gasteiger partial charge in [-0.05, 0) is 99.2 Å². The molecule has 6 heteroatoms. The SMILES string of the molecule is CCCCCCCCOc1ccc([C@]2(C)CC[C@@](C)(c3ccc(OC(=O)c4ccc(OCCCCCCC)cc4)cc3)N2[O])cc1. The van der Waals surface area contributed by atoms with Crippen LogP contribution >= 0.6 is 0 Å². The molecule has 3 aromatic carbocycles. The molecule has 0 unspecified atom stereocenters. The lowest BCUT2D eigenvalue weighted by Gasteiger charge is -2.37. The summed E-state index contributed by atoms with van der Waals surface area (Å²) in [5.74, 6) is 1.62. The van der Waals surface area contributed by atoms with E-state index in [0.29, 0.717) is 17.9 Å². The van der Waals surface area contributed by atoms with Crippen LogP contribution < -0.4 is 14.2 Å². The average molecular weight is 629 g/mol. The number of hydroxylamine groups is 2. The molecule has 1 radical (unpaired) electrons. The summed E-state index contributed by atoms with van der Waals surface area (Å²) in [5.41, 5.74) is 1.01. The third-order valence-electron chi connectivity index (χ3n) is 9.53. The number of carbonyl (C=O) groups excluding carboxylic acids is 1. The van der Waals surface area contributed by atoms with Crippen molar-refractivity contribution >= 4 is 5.97 Å². The van der Waals surface area contributed by atoms with Crippen molar-refractivity contribution in [1.29, 1.82) is 0 Å². The van der Waals surface area contributed by atoms with E-state index in [4.69, 9.17) is 14.2 Å². The topological polar surface area (TPSA) is 67.9 Å². The minimum atomic E-state index is -0.698. The number of carbonyl (C=O) groups is 1. The molecule has 1 saturated heterocycles. The van der Waals surface area contributed by atoms with E-state index < -0.39 is 17.0 Å². The van der Waals surface area contributed by atoms with Gasteiger partial charge in [-0.3, -0.25) is 0 Å². The molecule has 0 aliphatic carbocycles. The third-order valence-corrected chi connectivity index (χ3v) is 9.53. The first kappa shape index (κ1) is 35.5. The Morgan fingerprint density at radius 1 is 0.587 bits per heavy atom. The Bertz CT molecular complexity index is 1320. The molecule has 0 aromatic heterocycles. The molecule has 2 atom stereocenters. The lowest BCUT2D eigenvalue weighted by atomic mass is 9.89. The molecule has 3 aromatic rings. The summed E-state index contributed by atoms with van der Waals surface area (Å²) in [5, 5.41) is 15.2. The summed E-state index contributed by atoms with van der Waals surface area (Å²) in [6, 6.07) is 22.5. The molecular formula is C40H54NO5. The van der Waals surface area contributed by atoms with Crippen molar-refractivity contribution in [3.05, 3.63) is 89.5 Å². The highest BCUT2D eigenvalue weighted by Crippen LogP contribution is 2.51. The van der Waals surface area contributed by atoms with Gasteiger partial charge in [-0.25, -0.2) is 4.79 Å². The smallest absolute Gasteiger partial charge is 0.343 e. The molecule has 4 rings (SSSR count). The lowest BCUT2D eigenvalue weighted by molar-refractivity contribution is -0.260. The Labute approximate surface area is 277 Å². The molecule has 6 nitrogen and oxygen atoms in total. The van der Waals surface area contributed by atoms with Crippen LogP contribution in [0.5, 0.6) is 17.2 Å². The number of ether oxygens (including phenoxy) is 3. The first-order chi connectivity index (χ1) is 22.3. The normalized spacial score (nSPS) is 19.7. The molecule has 1 fully saturated rings. The van der Waals surface area contributed by atoms with Gasteiger partial charge in [-0.15, -0.1) is 10.3 Å². The molecule has 0 N–H and O–H groups in total. The first-order valence-electron chi connectivity index (χ1n) is 17.6. The van der Waals surface area contributed by atoms with Crippen LogP contribution in [0.25, 0.3) is 0 Å². The zero-order chi connectivity index (χ0) is 32.8. The Hall–Kier alpha value is -3.35. The van der Waals surface area contributed by atoms with E-state index in [2.05, 4.69) is 13.8 Å². The van der Waals surface area contributed by atoms with Gasteiger partial charge in [-0.2, -0.15) is 0 Å². The molecular weight excluding hydrogens is 574 g/mol. The number of unbranched alkanes of at least 4 members (excludes halogenated alkanes) is 9. The number of hydrogen-bond acceptors (Lipinski definition) is 5. The number of nitrogens with zero attached hydrogens (tertiary/aromatic N) is 1. The van der Waals surface area contributed by atoms with E-state index in [0.717, 1.165) is 54.9 Å². The lowest BCUT2D eigenvalue weighted by Crippen LogP contribution is -2.44. The summed E-state index contributed by atoms with van der Waals surface area (Å²) in [4.78, 5) is 12.8. The molecule has 0 saturated carbocycles. The second-order valence-corrected chi connectivity index (χ2v) is 13.2. The summed E-state index contributed by atoms with van der Waals surface area (Å²) in [7, 11) is 0. The highest BCUT2D eigenvalue weighted by molar-refractivity contribution is 5.91. The predicted octanol–water partition coefficient (Wildman–Crippen LogP) is 10.6. The molecule has 1 heterocycles. The van der Waals surface area contributed by atoms with Crippen LogP contribution in [-0.4, -0.2) is 24.2 Å². The fourth-order valence-electron chi connectivity index (χ4n) is 6.37. The van der Waals surface area contributed by atoms with Gasteiger partial charge < -0.3 is 14.2 Å². The summed E-state index contributed by atoms with van der Waals surface area (Å²) in [6.45, 7) is 9.87. The molecule has 0 spiro atoms. The van der Waals surface area contributed by atoms with Crippen molar-refractivity contribution in [1.82, 2.24) is 5.06 Å². The van der Waals surface area contributed by atoms with Crippen molar-refractivity contribution in [2.24, 2.45) is 0 Å². The third kappa shape index (κ3) is 9.36. The fraction of sp³-hybridized carbons (Fsp3) is 0.525. The van der Waals surface area contributed by atoms with E-state index >= 15 is 0 Å². The summed E-state index contributed by atoms with van der Waals surface area (Å²) in [6.07, 6.45) is 14.8. The zero-order valence-electron chi connectivity index (χ0n) is 28.5. The second kappa shape index (κ2) is 17.5. The summed E-state index contributed by atoms with van der Waals surface area (Å²) >= 11 is 0. The van der Waals surface area contributed by atoms with E-state index in [1.165, 1.54) is 62.9 Å². The van der Waals surface area contributed by atoms with E-state index in [9.17, 15) is 10.0 Å². The van der Waals surface area contributed by atoms with Gasteiger partial charge in [0.2, 0.25) is 0 Å². The molecule has 1 aliphatic rings. The predicted molar refractivity (Wildman–Crippen MR) is 184 cm³/mol. The fourth-order valence-corrected chi connectivity index (χ4v) is 6.37. The maximum absolute atomic E-state index is 13.9. The Kier molecular flexibility index (Phi) is 13.5. The number of benzene rings is 3. The van der Waals surface area contributed by atoms with E-state index in [1.807, 2.05) is 62.4 Å². The largest absolute Gasteiger partial charge is 0.494 e. The number of rotatable bonds is 19. The Balaban J connectivity index is 1.28. The van der Waals surface area contributed by atoms with Crippen LogP contribution in [-0.2, 0) is 16.3 Å². The highest BCUT2D eigenvalue weighted by Gasteiger charge is 2.52. The van der Waals surface area contributed by atoms with Crippen LogP contribution in [0.2, 0.25) is 0 Å². The summed E-state index contributed by atoms with van der Waals surface area (Å²) < 4.78 is 17.4. The zero-order valence-corrected chi connectivity index (χ0v) is 28.5. The Morgan fingerprint density at radius 2 is 0.978 bits per heavy atom. The molecule has 46 heavy (non-hydrogen) atoms. The van der Waals surface area contributed by atoms with Gasteiger partial charge in [0.15, 0.2) is 0 Å². The molecule has 249 valence electrons. The van der Waals surface area contributed by atoms with Gasteiger partial charge >= 0.3 is 5.97 Å². The van der Waals surface area contributed by atoms with Crippen LogP contribution in [0.4, 0.5) is 0 Å². The second-order valence-electron chi connectivity index (χ2n) is 13.2. The molecule has 1 aliphatic heterocycles. The monoisotopic (exact) mass is 628 g/mol. The van der Waals surface area contributed by atoms with Crippen LogP contribution in [0, 0.1) is 0 Å².